The van der Waals surface area contributed by atoms with Crippen molar-refractivity contribution < 1.29 is 0 Å². The van der Waals surface area contributed by atoms with Gasteiger partial charge in [0.1, 0.15) is 0 Å². The Balaban J connectivity index is 1.40. The van der Waals surface area contributed by atoms with Crippen LogP contribution in [0.3, 0.4) is 0 Å². The average molecular weight is 553 g/mol. The molecular weight excluding hydrogens is 528 g/mol. The Hall–Kier alpha value is -5.72. The van der Waals surface area contributed by atoms with Crippen LogP contribution in [0.1, 0.15) is 0 Å². The van der Waals surface area contributed by atoms with Crippen LogP contribution in [0.5, 0.6) is 0 Å². The van der Waals surface area contributed by atoms with Crippen molar-refractivity contribution >= 4 is 97.0 Å². The maximum atomic E-state index is 2.50. The number of rotatable bonds is 1. The summed E-state index contributed by atoms with van der Waals surface area (Å²) in [4.78, 5) is 0. The van der Waals surface area contributed by atoms with E-state index in [0.29, 0.717) is 0 Å². The maximum absolute atomic E-state index is 2.50. The SMILES string of the molecule is c1ccc2cc(-c3cc4c(cc5c6ccccc6c6cccc4c65)c4cc5c(cc34)c3cccc4cccc5c43)ccc2c1. The molecule has 0 aliphatic rings. The smallest absolute Gasteiger partial charge is 0.00199 e. The molecule has 0 radical (unpaired) electrons. The minimum absolute atomic E-state index is 1.26. The Bertz CT molecular complexity index is 2970. The van der Waals surface area contributed by atoms with Crippen LogP contribution in [-0.4, -0.2) is 0 Å². The molecule has 0 saturated heterocycles. The molecule has 0 N–H and O–H groups in total. The summed E-state index contributed by atoms with van der Waals surface area (Å²) in [5.74, 6) is 0. The average Bonchev–Trinajstić information content (AvgIpc) is 3.58. The first-order valence-electron chi connectivity index (χ1n) is 15.4. The highest BCUT2D eigenvalue weighted by atomic mass is 14.2. The standard InChI is InChI=1S/C44H24/c1-2-9-27-20-28(19-18-25(27)8-1)35-21-36-34-17-7-16-31-29-12-3-4-13-30(29)42(44(31)34)24-41(36)40-23-38-33-15-6-11-26-10-5-14-32(43(26)33)37(38)22-39(35)40/h1-24H. The molecule has 0 fully saturated rings. The van der Waals surface area contributed by atoms with Gasteiger partial charge in [0.15, 0.2) is 0 Å². The van der Waals surface area contributed by atoms with Gasteiger partial charge >= 0.3 is 0 Å². The van der Waals surface area contributed by atoms with E-state index in [1.165, 1.54) is 108 Å². The van der Waals surface area contributed by atoms with Gasteiger partial charge in [-0.1, -0.05) is 115 Å². The van der Waals surface area contributed by atoms with E-state index in [2.05, 4.69) is 146 Å². The van der Waals surface area contributed by atoms with Crippen molar-refractivity contribution in [3.63, 3.8) is 0 Å². The fourth-order valence-electron chi connectivity index (χ4n) is 8.37. The lowest BCUT2D eigenvalue weighted by molar-refractivity contribution is 1.71. The van der Waals surface area contributed by atoms with E-state index in [1.807, 2.05) is 0 Å². The summed E-state index contributed by atoms with van der Waals surface area (Å²) >= 11 is 0. The molecule has 0 saturated carbocycles. The van der Waals surface area contributed by atoms with Crippen molar-refractivity contribution in [1.82, 2.24) is 0 Å². The highest BCUT2D eigenvalue weighted by molar-refractivity contribution is 6.38. The van der Waals surface area contributed by atoms with Crippen LogP contribution in [-0.2, 0) is 0 Å². The van der Waals surface area contributed by atoms with Gasteiger partial charge in [0.05, 0.1) is 0 Å². The highest BCUT2D eigenvalue weighted by Gasteiger charge is 2.19. The van der Waals surface area contributed by atoms with Crippen LogP contribution in [0, 0.1) is 0 Å². The molecular formula is C44H24. The molecule has 0 aliphatic carbocycles. The molecule has 200 valence electrons. The molecule has 0 aliphatic heterocycles. The van der Waals surface area contributed by atoms with E-state index in [0.717, 1.165) is 0 Å². The van der Waals surface area contributed by atoms with Crippen molar-refractivity contribution in [3.05, 3.63) is 146 Å². The summed E-state index contributed by atoms with van der Waals surface area (Å²) in [5, 5.41) is 24.0. The van der Waals surface area contributed by atoms with E-state index in [-0.39, 0.29) is 0 Å². The van der Waals surface area contributed by atoms with Crippen LogP contribution in [0.2, 0.25) is 0 Å². The number of hydrogen-bond acceptors (Lipinski definition) is 0. The van der Waals surface area contributed by atoms with Crippen LogP contribution in [0.4, 0.5) is 0 Å². The van der Waals surface area contributed by atoms with Gasteiger partial charge in [-0.25, -0.2) is 0 Å². The monoisotopic (exact) mass is 552 g/mol. The summed E-state index contributed by atoms with van der Waals surface area (Å²) in [7, 11) is 0. The highest BCUT2D eigenvalue weighted by Crippen LogP contribution is 2.48. The van der Waals surface area contributed by atoms with E-state index >= 15 is 0 Å². The third-order valence-electron chi connectivity index (χ3n) is 10.3. The summed E-state index contributed by atoms with van der Waals surface area (Å²) in [6.07, 6.45) is 0. The number of benzene rings is 9. The van der Waals surface area contributed by atoms with Crippen molar-refractivity contribution in [2.75, 3.05) is 0 Å². The molecule has 0 bridgehead atoms. The summed E-state index contributed by atoms with van der Waals surface area (Å²) in [6.45, 7) is 0. The van der Waals surface area contributed by atoms with Gasteiger partial charge in [0, 0.05) is 0 Å². The molecule has 0 nitrogen and oxygen atoms in total. The zero-order valence-corrected chi connectivity index (χ0v) is 23.9. The van der Waals surface area contributed by atoms with Crippen molar-refractivity contribution in [3.8, 4) is 11.1 Å². The first-order valence-corrected chi connectivity index (χ1v) is 15.4. The predicted molar refractivity (Wildman–Crippen MR) is 192 cm³/mol. The van der Waals surface area contributed by atoms with Crippen LogP contribution < -0.4 is 0 Å². The number of hydrogen-bond donors (Lipinski definition) is 0. The minimum Gasteiger partial charge on any atom is -0.0616 e. The second kappa shape index (κ2) is 8.01. The molecule has 11 aromatic rings. The zero-order valence-electron chi connectivity index (χ0n) is 23.9. The third kappa shape index (κ3) is 2.79. The van der Waals surface area contributed by atoms with Gasteiger partial charge < -0.3 is 0 Å². The Morgan fingerprint density at radius 2 is 0.705 bits per heavy atom. The van der Waals surface area contributed by atoms with Crippen LogP contribution >= 0.6 is 0 Å². The van der Waals surface area contributed by atoms with Crippen molar-refractivity contribution in [2.45, 2.75) is 0 Å². The van der Waals surface area contributed by atoms with Gasteiger partial charge in [-0.2, -0.15) is 0 Å². The molecule has 0 spiro atoms. The summed E-state index contributed by atoms with van der Waals surface area (Å²) in [6, 6.07) is 54.8. The quantitative estimate of drug-likeness (QED) is 0.178. The van der Waals surface area contributed by atoms with Gasteiger partial charge in [0.25, 0.3) is 0 Å². The van der Waals surface area contributed by atoms with E-state index in [4.69, 9.17) is 0 Å². The van der Waals surface area contributed by atoms with Crippen molar-refractivity contribution in [2.24, 2.45) is 0 Å². The molecule has 0 aromatic heterocycles. The molecule has 0 atom stereocenters. The second-order valence-electron chi connectivity index (χ2n) is 12.4. The lowest BCUT2D eigenvalue weighted by Crippen LogP contribution is -1.87. The predicted octanol–water partition coefficient (Wildman–Crippen LogP) is 12.6. The van der Waals surface area contributed by atoms with Gasteiger partial charge in [0.2, 0.25) is 0 Å². The molecule has 0 unspecified atom stereocenters. The number of fused-ring (bicyclic) bond motifs is 11. The third-order valence-corrected chi connectivity index (χ3v) is 10.3. The molecule has 0 heterocycles. The normalized spacial score (nSPS) is 12.5. The first-order chi connectivity index (χ1) is 21.8. The van der Waals surface area contributed by atoms with Crippen molar-refractivity contribution in [1.29, 1.82) is 0 Å². The zero-order chi connectivity index (χ0) is 28.5. The molecule has 44 heavy (non-hydrogen) atoms. The summed E-state index contributed by atoms with van der Waals surface area (Å²) < 4.78 is 0. The fourth-order valence-corrected chi connectivity index (χ4v) is 8.37. The largest absolute Gasteiger partial charge is 0.0616 e. The second-order valence-corrected chi connectivity index (χ2v) is 12.4. The van der Waals surface area contributed by atoms with Crippen LogP contribution in [0.15, 0.2) is 146 Å². The lowest BCUT2D eigenvalue weighted by Gasteiger charge is -2.15. The fraction of sp³-hybridized carbons (Fsp3) is 0. The molecule has 11 aromatic carbocycles. The van der Waals surface area contributed by atoms with Crippen LogP contribution in [0.25, 0.3) is 108 Å². The van der Waals surface area contributed by atoms with Gasteiger partial charge in [-0.05, 0) is 138 Å². The summed E-state index contributed by atoms with van der Waals surface area (Å²) in [5.41, 5.74) is 2.55. The first kappa shape index (κ1) is 22.8. The maximum Gasteiger partial charge on any atom is -0.00199 e. The Morgan fingerprint density at radius 1 is 0.227 bits per heavy atom. The molecule has 0 amide bonds. The Morgan fingerprint density at radius 3 is 1.48 bits per heavy atom. The minimum atomic E-state index is 1.26. The van der Waals surface area contributed by atoms with E-state index in [9.17, 15) is 0 Å². The molecule has 11 rings (SSSR count). The van der Waals surface area contributed by atoms with E-state index < -0.39 is 0 Å². The molecule has 0 heteroatoms. The Labute approximate surface area is 253 Å². The van der Waals surface area contributed by atoms with E-state index in [1.54, 1.807) is 0 Å². The topological polar surface area (TPSA) is 0 Å². The Kier molecular flexibility index (Phi) is 4.15. The lowest BCUT2D eigenvalue weighted by atomic mass is 9.88. The van der Waals surface area contributed by atoms with Gasteiger partial charge in [-0.15, -0.1) is 0 Å². The van der Waals surface area contributed by atoms with Gasteiger partial charge in [-0.3, -0.25) is 0 Å².